The van der Waals surface area contributed by atoms with Crippen LogP contribution in [0.4, 0.5) is 0 Å². The predicted octanol–water partition coefficient (Wildman–Crippen LogP) is 0.552. The molecular formula is C5H8O2Ru+2. The second-order valence-corrected chi connectivity index (χ2v) is 1.58. The zero-order chi connectivity index (χ0) is 5.86. The number of carbonyl (C=O) groups excluding carboxylic acids is 2. The van der Waals surface area contributed by atoms with Gasteiger partial charge in [0.2, 0.25) is 0 Å². The average molecular weight is 201 g/mol. The van der Waals surface area contributed by atoms with Crippen molar-refractivity contribution in [2.45, 2.75) is 20.3 Å². The van der Waals surface area contributed by atoms with Crippen molar-refractivity contribution in [3.05, 3.63) is 0 Å². The summed E-state index contributed by atoms with van der Waals surface area (Å²) in [4.78, 5) is 20.1. The molecule has 2 nitrogen and oxygen atoms in total. The number of hydrogen-bond donors (Lipinski definition) is 0. The van der Waals surface area contributed by atoms with Gasteiger partial charge in [-0.05, 0) is 13.8 Å². The maximum atomic E-state index is 10.0. The molecular weight excluding hydrogens is 193 g/mol. The molecule has 0 aromatic carbocycles. The van der Waals surface area contributed by atoms with Crippen molar-refractivity contribution in [1.29, 1.82) is 0 Å². The Kier molecular flexibility index (Phi) is 6.93. The monoisotopic (exact) mass is 202 g/mol. The van der Waals surface area contributed by atoms with Crippen molar-refractivity contribution >= 4 is 11.6 Å². The SMILES string of the molecule is CC(=O)CC(C)=O.[Ru+2]. The first-order valence-electron chi connectivity index (χ1n) is 2.12. The standard InChI is InChI=1S/C5H8O2.Ru/c1-4(6)3-5(2)7;/h3H2,1-2H3;/q;+2. The number of carbonyl (C=O) groups is 2. The summed E-state index contributed by atoms with van der Waals surface area (Å²) < 4.78 is 0. The summed E-state index contributed by atoms with van der Waals surface area (Å²) in [5, 5.41) is 0. The van der Waals surface area contributed by atoms with Gasteiger partial charge in [-0.1, -0.05) is 0 Å². The molecule has 0 fully saturated rings. The van der Waals surface area contributed by atoms with Gasteiger partial charge < -0.3 is 0 Å². The molecule has 0 N–H and O–H groups in total. The van der Waals surface area contributed by atoms with E-state index in [0.29, 0.717) is 0 Å². The van der Waals surface area contributed by atoms with E-state index in [1.165, 1.54) is 13.8 Å². The van der Waals surface area contributed by atoms with Gasteiger partial charge in [0, 0.05) is 0 Å². The Balaban J connectivity index is 0. The van der Waals surface area contributed by atoms with Gasteiger partial charge in [-0.2, -0.15) is 0 Å². The molecule has 0 aromatic heterocycles. The Bertz CT molecular complexity index is 86.6. The first-order chi connectivity index (χ1) is 3.13. The van der Waals surface area contributed by atoms with Crippen molar-refractivity contribution in [3.63, 3.8) is 0 Å². The van der Waals surface area contributed by atoms with E-state index in [1.54, 1.807) is 0 Å². The zero-order valence-corrected chi connectivity index (χ0v) is 6.62. The summed E-state index contributed by atoms with van der Waals surface area (Å²) in [5.74, 6) is -0.125. The number of Topliss-reactive ketones (excluding diaryl/α,β-unsaturated/α-hetero) is 2. The largest absolute Gasteiger partial charge is 2.00 e. The van der Waals surface area contributed by atoms with Gasteiger partial charge in [0.25, 0.3) is 0 Å². The molecule has 0 aliphatic rings. The van der Waals surface area contributed by atoms with Gasteiger partial charge in [0.15, 0.2) is 0 Å². The molecule has 0 aliphatic carbocycles. The van der Waals surface area contributed by atoms with Crippen LogP contribution in [0.1, 0.15) is 20.3 Å². The molecule has 0 saturated heterocycles. The van der Waals surface area contributed by atoms with E-state index in [0.717, 1.165) is 0 Å². The van der Waals surface area contributed by atoms with Crippen molar-refractivity contribution in [3.8, 4) is 0 Å². The van der Waals surface area contributed by atoms with Crippen LogP contribution in [-0.2, 0) is 29.1 Å². The summed E-state index contributed by atoms with van der Waals surface area (Å²) in [7, 11) is 0. The topological polar surface area (TPSA) is 34.1 Å². The number of hydrogen-bond acceptors (Lipinski definition) is 2. The van der Waals surface area contributed by atoms with Gasteiger partial charge in [0.05, 0.1) is 6.42 Å². The molecule has 0 rings (SSSR count). The molecule has 0 saturated carbocycles. The van der Waals surface area contributed by atoms with Crippen molar-refractivity contribution < 1.29 is 29.1 Å². The van der Waals surface area contributed by atoms with E-state index >= 15 is 0 Å². The molecule has 0 aliphatic heterocycles. The van der Waals surface area contributed by atoms with Crippen LogP contribution < -0.4 is 0 Å². The van der Waals surface area contributed by atoms with Gasteiger partial charge in [-0.15, -0.1) is 0 Å². The first-order valence-corrected chi connectivity index (χ1v) is 2.12. The summed E-state index contributed by atoms with van der Waals surface area (Å²) in [6.07, 6.45) is 0.0833. The van der Waals surface area contributed by atoms with Gasteiger partial charge in [0.1, 0.15) is 11.6 Å². The number of ketones is 2. The Labute approximate surface area is 61.4 Å². The number of rotatable bonds is 2. The quantitative estimate of drug-likeness (QED) is 0.483. The minimum atomic E-state index is -0.0625. The Morgan fingerprint density at radius 2 is 1.38 bits per heavy atom. The van der Waals surface area contributed by atoms with E-state index in [9.17, 15) is 9.59 Å². The molecule has 46 valence electrons. The molecule has 0 amide bonds. The van der Waals surface area contributed by atoms with Crippen LogP contribution in [-0.4, -0.2) is 11.6 Å². The maximum absolute atomic E-state index is 10.0. The normalized spacial score (nSPS) is 7.25. The van der Waals surface area contributed by atoms with E-state index in [4.69, 9.17) is 0 Å². The van der Waals surface area contributed by atoms with Crippen LogP contribution in [0.5, 0.6) is 0 Å². The molecule has 3 heteroatoms. The molecule has 0 aromatic rings. The molecule has 0 atom stereocenters. The summed E-state index contributed by atoms with van der Waals surface area (Å²) in [6.45, 7) is 2.81. The van der Waals surface area contributed by atoms with E-state index in [1.807, 2.05) is 0 Å². The Morgan fingerprint density at radius 3 is 1.38 bits per heavy atom. The van der Waals surface area contributed by atoms with Crippen molar-refractivity contribution in [2.24, 2.45) is 0 Å². The second-order valence-electron chi connectivity index (χ2n) is 1.58. The van der Waals surface area contributed by atoms with Gasteiger partial charge in [-0.25, -0.2) is 0 Å². The Hall–Kier alpha value is -0.0366. The zero-order valence-electron chi connectivity index (χ0n) is 4.88. The second kappa shape index (κ2) is 5.11. The predicted molar refractivity (Wildman–Crippen MR) is 26.0 cm³/mol. The summed E-state index contributed by atoms with van der Waals surface area (Å²) >= 11 is 0. The molecule has 0 heterocycles. The smallest absolute Gasteiger partial charge is 0.300 e. The van der Waals surface area contributed by atoms with Gasteiger partial charge in [-0.3, -0.25) is 9.59 Å². The minimum Gasteiger partial charge on any atom is -0.300 e. The molecule has 0 bridgehead atoms. The van der Waals surface area contributed by atoms with E-state index in [-0.39, 0.29) is 37.5 Å². The van der Waals surface area contributed by atoms with E-state index < -0.39 is 0 Å². The molecule has 0 radical (unpaired) electrons. The maximum Gasteiger partial charge on any atom is 2.00 e. The average Bonchev–Trinajstić information content (AvgIpc) is 1.27. The van der Waals surface area contributed by atoms with Crippen LogP contribution in [0, 0.1) is 0 Å². The fourth-order valence-electron chi connectivity index (χ4n) is 0.351. The minimum absolute atomic E-state index is 0. The Morgan fingerprint density at radius 1 is 1.12 bits per heavy atom. The van der Waals surface area contributed by atoms with Crippen LogP contribution >= 0.6 is 0 Å². The van der Waals surface area contributed by atoms with Crippen molar-refractivity contribution in [2.75, 3.05) is 0 Å². The van der Waals surface area contributed by atoms with Crippen LogP contribution in [0.15, 0.2) is 0 Å². The molecule has 0 unspecified atom stereocenters. The first kappa shape index (κ1) is 10.9. The third kappa shape index (κ3) is 9.35. The summed E-state index contributed by atoms with van der Waals surface area (Å²) in [6, 6.07) is 0. The van der Waals surface area contributed by atoms with Crippen LogP contribution in [0.25, 0.3) is 0 Å². The third-order valence-corrected chi connectivity index (χ3v) is 0.498. The fourth-order valence-corrected chi connectivity index (χ4v) is 0.351. The molecule has 8 heavy (non-hydrogen) atoms. The van der Waals surface area contributed by atoms with E-state index in [2.05, 4.69) is 0 Å². The van der Waals surface area contributed by atoms with Gasteiger partial charge >= 0.3 is 19.5 Å². The third-order valence-electron chi connectivity index (χ3n) is 0.498. The fraction of sp³-hybridized carbons (Fsp3) is 0.600. The van der Waals surface area contributed by atoms with Crippen LogP contribution in [0.3, 0.4) is 0 Å². The van der Waals surface area contributed by atoms with Crippen LogP contribution in [0.2, 0.25) is 0 Å². The summed E-state index contributed by atoms with van der Waals surface area (Å²) in [5.41, 5.74) is 0. The van der Waals surface area contributed by atoms with Crippen molar-refractivity contribution in [1.82, 2.24) is 0 Å². The molecule has 0 spiro atoms.